The minimum absolute atomic E-state index is 1.10. The zero-order valence-corrected chi connectivity index (χ0v) is 9.72. The van der Waals surface area contributed by atoms with Crippen LogP contribution in [0.5, 0.6) is 0 Å². The van der Waals surface area contributed by atoms with Gasteiger partial charge in [-0.15, -0.1) is 0 Å². The Kier molecular flexibility index (Phi) is 2.42. The lowest BCUT2D eigenvalue weighted by molar-refractivity contribution is 1.05. The Balaban J connectivity index is 2.63. The molecule has 14 heavy (non-hydrogen) atoms. The molecule has 0 amide bonds. The molecule has 72 valence electrons. The van der Waals surface area contributed by atoms with Gasteiger partial charge in [-0.3, -0.25) is 5.10 Å². The minimum Gasteiger partial charge on any atom is -0.282 e. The fourth-order valence-electron chi connectivity index (χ4n) is 1.52. The first kappa shape index (κ1) is 9.46. The van der Waals surface area contributed by atoms with Crippen LogP contribution in [0.2, 0.25) is 0 Å². The molecule has 1 aromatic heterocycles. The summed E-state index contributed by atoms with van der Waals surface area (Å²) in [7, 11) is 0. The second kappa shape index (κ2) is 3.58. The molecular formula is C11H11BrN2. The van der Waals surface area contributed by atoms with E-state index in [1.807, 2.05) is 25.3 Å². The summed E-state index contributed by atoms with van der Waals surface area (Å²) < 4.78 is 1.13. The summed E-state index contributed by atoms with van der Waals surface area (Å²) >= 11 is 3.53. The fourth-order valence-corrected chi connectivity index (χ4v) is 1.89. The Morgan fingerprint density at radius 2 is 2.00 bits per heavy atom. The van der Waals surface area contributed by atoms with Gasteiger partial charge in [0, 0.05) is 15.7 Å². The Morgan fingerprint density at radius 1 is 1.21 bits per heavy atom. The Labute approximate surface area is 91.5 Å². The molecule has 3 heteroatoms. The van der Waals surface area contributed by atoms with E-state index in [1.165, 1.54) is 16.7 Å². The first-order valence-corrected chi connectivity index (χ1v) is 5.25. The predicted octanol–water partition coefficient (Wildman–Crippen LogP) is 3.46. The van der Waals surface area contributed by atoms with Crippen molar-refractivity contribution in [1.82, 2.24) is 10.2 Å². The molecule has 2 nitrogen and oxygen atoms in total. The van der Waals surface area contributed by atoms with Crippen molar-refractivity contribution < 1.29 is 0 Å². The molecule has 1 N–H and O–H groups in total. The number of hydrogen-bond donors (Lipinski definition) is 1. The summed E-state index contributed by atoms with van der Waals surface area (Å²) in [6, 6.07) is 6.20. The molecule has 1 heterocycles. The third-order valence-corrected chi connectivity index (χ3v) is 3.25. The van der Waals surface area contributed by atoms with Crippen molar-refractivity contribution in [2.45, 2.75) is 13.8 Å². The maximum Gasteiger partial charge on any atom is 0.0568 e. The van der Waals surface area contributed by atoms with E-state index in [0.29, 0.717) is 0 Å². The average Bonchev–Trinajstić information content (AvgIpc) is 2.57. The highest BCUT2D eigenvalue weighted by Gasteiger charge is 2.07. The van der Waals surface area contributed by atoms with E-state index in [-0.39, 0.29) is 0 Å². The molecule has 0 saturated heterocycles. The van der Waals surface area contributed by atoms with E-state index in [1.54, 1.807) is 0 Å². The predicted molar refractivity (Wildman–Crippen MR) is 61.2 cm³/mol. The van der Waals surface area contributed by atoms with Gasteiger partial charge >= 0.3 is 0 Å². The van der Waals surface area contributed by atoms with Crippen LogP contribution in [0.15, 0.2) is 28.9 Å². The summed E-state index contributed by atoms with van der Waals surface area (Å²) in [4.78, 5) is 0. The molecule has 0 saturated carbocycles. The van der Waals surface area contributed by atoms with Crippen molar-refractivity contribution in [2.75, 3.05) is 0 Å². The number of rotatable bonds is 1. The van der Waals surface area contributed by atoms with Crippen LogP contribution in [0.1, 0.15) is 11.3 Å². The summed E-state index contributed by atoms with van der Waals surface area (Å²) in [5, 5.41) is 6.98. The number of hydrogen-bond acceptors (Lipinski definition) is 1. The van der Waals surface area contributed by atoms with Gasteiger partial charge in [0.25, 0.3) is 0 Å². The van der Waals surface area contributed by atoms with Crippen LogP contribution in [0.3, 0.4) is 0 Å². The smallest absolute Gasteiger partial charge is 0.0568 e. The van der Waals surface area contributed by atoms with Gasteiger partial charge in [-0.2, -0.15) is 5.10 Å². The summed E-state index contributed by atoms with van der Waals surface area (Å²) in [5.41, 5.74) is 4.75. The van der Waals surface area contributed by atoms with E-state index in [2.05, 4.69) is 39.1 Å². The number of halogens is 1. The number of nitrogens with one attached hydrogen (secondary N) is 1. The molecule has 0 fully saturated rings. The lowest BCUT2D eigenvalue weighted by Crippen LogP contribution is -1.84. The topological polar surface area (TPSA) is 28.7 Å². The molecule has 2 aromatic rings. The summed E-state index contributed by atoms with van der Waals surface area (Å²) in [6.45, 7) is 4.13. The van der Waals surface area contributed by atoms with Crippen LogP contribution < -0.4 is 0 Å². The van der Waals surface area contributed by atoms with Gasteiger partial charge in [0.15, 0.2) is 0 Å². The second-order valence-electron chi connectivity index (χ2n) is 3.32. The molecule has 0 aliphatic rings. The molecular weight excluding hydrogens is 240 g/mol. The van der Waals surface area contributed by atoms with Crippen LogP contribution >= 0.6 is 15.9 Å². The molecule has 0 radical (unpaired) electrons. The highest BCUT2D eigenvalue weighted by molar-refractivity contribution is 9.10. The molecule has 0 aliphatic carbocycles. The minimum atomic E-state index is 1.10. The number of benzene rings is 1. The maximum absolute atomic E-state index is 4.03. The Hall–Kier alpha value is -1.09. The number of aromatic nitrogens is 2. The summed E-state index contributed by atoms with van der Waals surface area (Å²) in [6.07, 6.45) is 1.87. The van der Waals surface area contributed by atoms with Crippen LogP contribution in [-0.2, 0) is 0 Å². The largest absolute Gasteiger partial charge is 0.282 e. The highest BCUT2D eigenvalue weighted by atomic mass is 79.9. The number of H-pyrrole nitrogens is 1. The molecule has 0 aliphatic heterocycles. The summed E-state index contributed by atoms with van der Waals surface area (Å²) in [5.74, 6) is 0. The van der Waals surface area contributed by atoms with Crippen LogP contribution in [0, 0.1) is 13.8 Å². The van der Waals surface area contributed by atoms with Gasteiger partial charge in [-0.1, -0.05) is 28.1 Å². The van der Waals surface area contributed by atoms with E-state index < -0.39 is 0 Å². The zero-order valence-electron chi connectivity index (χ0n) is 8.13. The molecule has 0 atom stereocenters. The standard InChI is InChI=1S/C11H11BrN2/c1-7-9(4-3-5-11(7)12)10-6-13-14-8(10)2/h3-6H,1-2H3,(H,13,14). The van der Waals surface area contributed by atoms with Crippen molar-refractivity contribution in [3.8, 4) is 11.1 Å². The van der Waals surface area contributed by atoms with Crippen molar-refractivity contribution in [1.29, 1.82) is 0 Å². The zero-order chi connectivity index (χ0) is 10.1. The van der Waals surface area contributed by atoms with Gasteiger partial charge in [-0.05, 0) is 31.0 Å². The van der Waals surface area contributed by atoms with Crippen LogP contribution in [-0.4, -0.2) is 10.2 Å². The first-order valence-electron chi connectivity index (χ1n) is 4.45. The maximum atomic E-state index is 4.03. The monoisotopic (exact) mass is 250 g/mol. The lowest BCUT2D eigenvalue weighted by Gasteiger charge is -2.05. The first-order chi connectivity index (χ1) is 6.70. The van der Waals surface area contributed by atoms with Crippen molar-refractivity contribution in [3.05, 3.63) is 40.1 Å². The van der Waals surface area contributed by atoms with E-state index >= 15 is 0 Å². The van der Waals surface area contributed by atoms with Crippen LogP contribution in [0.4, 0.5) is 0 Å². The van der Waals surface area contributed by atoms with Crippen LogP contribution in [0.25, 0.3) is 11.1 Å². The Morgan fingerprint density at radius 3 is 2.64 bits per heavy atom. The molecule has 1 aromatic carbocycles. The third-order valence-electron chi connectivity index (χ3n) is 2.39. The molecule has 0 bridgehead atoms. The van der Waals surface area contributed by atoms with E-state index in [0.717, 1.165) is 10.2 Å². The van der Waals surface area contributed by atoms with Crippen molar-refractivity contribution >= 4 is 15.9 Å². The van der Waals surface area contributed by atoms with Gasteiger partial charge < -0.3 is 0 Å². The SMILES string of the molecule is Cc1[nH]ncc1-c1cccc(Br)c1C. The number of nitrogens with zero attached hydrogens (tertiary/aromatic N) is 1. The fraction of sp³-hybridized carbons (Fsp3) is 0.182. The third kappa shape index (κ3) is 1.48. The van der Waals surface area contributed by atoms with Crippen molar-refractivity contribution in [3.63, 3.8) is 0 Å². The molecule has 0 unspecified atom stereocenters. The average molecular weight is 251 g/mol. The number of aromatic amines is 1. The quantitative estimate of drug-likeness (QED) is 0.826. The molecule has 2 rings (SSSR count). The lowest BCUT2D eigenvalue weighted by atomic mass is 10.0. The van der Waals surface area contributed by atoms with Gasteiger partial charge in [0.05, 0.1) is 6.20 Å². The Bertz CT molecular complexity index is 460. The van der Waals surface area contributed by atoms with Gasteiger partial charge in [0.1, 0.15) is 0 Å². The van der Waals surface area contributed by atoms with E-state index in [9.17, 15) is 0 Å². The van der Waals surface area contributed by atoms with Crippen molar-refractivity contribution in [2.24, 2.45) is 0 Å². The van der Waals surface area contributed by atoms with Gasteiger partial charge in [0.2, 0.25) is 0 Å². The van der Waals surface area contributed by atoms with Gasteiger partial charge in [-0.25, -0.2) is 0 Å². The highest BCUT2D eigenvalue weighted by Crippen LogP contribution is 2.29. The van der Waals surface area contributed by atoms with E-state index in [4.69, 9.17) is 0 Å². The molecule has 0 spiro atoms. The second-order valence-corrected chi connectivity index (χ2v) is 4.18. The number of aryl methyl sites for hydroxylation is 1. The normalized spacial score (nSPS) is 10.5.